The number of hydrogen-bond acceptors (Lipinski definition) is 2. The summed E-state index contributed by atoms with van der Waals surface area (Å²) < 4.78 is 0. The highest BCUT2D eigenvalue weighted by Gasteiger charge is 1.83. The van der Waals surface area contributed by atoms with Crippen LogP contribution in [0.2, 0.25) is 0 Å². The molecule has 0 saturated heterocycles. The highest BCUT2D eigenvalue weighted by atomic mass is 16.2. The van der Waals surface area contributed by atoms with E-state index in [-0.39, 0.29) is 6.61 Å². The molecule has 0 aliphatic rings. The first-order valence-electron chi connectivity index (χ1n) is 3.85. The van der Waals surface area contributed by atoms with Gasteiger partial charge in [0.1, 0.15) is 0 Å². The van der Waals surface area contributed by atoms with Crippen LogP contribution in [-0.2, 0) is 0 Å². The van der Waals surface area contributed by atoms with Crippen molar-refractivity contribution in [2.45, 2.75) is 32.1 Å². The van der Waals surface area contributed by atoms with Gasteiger partial charge in [-0.05, 0) is 12.8 Å². The zero-order chi connectivity index (χ0) is 8.36. The lowest BCUT2D eigenvalue weighted by Crippen LogP contribution is -1.81. The third-order valence-corrected chi connectivity index (χ3v) is 1.25. The Balaban J connectivity index is 3.04. The molecule has 0 rings (SSSR count). The molecule has 0 aromatic rings. The van der Waals surface area contributed by atoms with Crippen LogP contribution in [0.25, 0.3) is 0 Å². The van der Waals surface area contributed by atoms with Gasteiger partial charge >= 0.3 is 0 Å². The first-order chi connectivity index (χ1) is 5.41. The summed E-state index contributed by atoms with van der Waals surface area (Å²) in [6, 6.07) is 1.96. The molecule has 11 heavy (non-hydrogen) atoms. The molecule has 0 aromatic heterocycles. The Morgan fingerprint density at radius 1 is 1.09 bits per heavy atom. The van der Waals surface area contributed by atoms with Crippen LogP contribution in [0.3, 0.4) is 0 Å². The Labute approximate surface area is 67.8 Å². The van der Waals surface area contributed by atoms with E-state index < -0.39 is 0 Å². The predicted octanol–water partition coefficient (Wildman–Crippen LogP) is 1.46. The van der Waals surface area contributed by atoms with E-state index >= 15 is 0 Å². The standard InChI is InChI=1S/C9H13NO/c10-8-6-4-2-1-3-5-7-9-11/h11H,1,3,5-7,9H2. The maximum atomic E-state index is 8.43. The molecule has 2 heteroatoms. The fourth-order valence-electron chi connectivity index (χ4n) is 0.692. The largest absolute Gasteiger partial charge is 0.396 e. The summed E-state index contributed by atoms with van der Waals surface area (Å²) in [5, 5.41) is 16.5. The molecular weight excluding hydrogens is 138 g/mol. The maximum absolute atomic E-state index is 8.43. The van der Waals surface area contributed by atoms with Gasteiger partial charge in [0.25, 0.3) is 0 Å². The van der Waals surface area contributed by atoms with Crippen molar-refractivity contribution >= 4 is 0 Å². The Morgan fingerprint density at radius 3 is 2.55 bits per heavy atom. The van der Waals surface area contributed by atoms with Crippen LogP contribution < -0.4 is 0 Å². The summed E-state index contributed by atoms with van der Waals surface area (Å²) in [4.78, 5) is 0. The van der Waals surface area contributed by atoms with E-state index in [0.717, 1.165) is 25.7 Å². The molecule has 0 spiro atoms. The van der Waals surface area contributed by atoms with Crippen molar-refractivity contribution in [3.63, 3.8) is 0 Å². The number of rotatable bonds is 4. The fraction of sp³-hybridized carbons (Fsp3) is 0.667. The number of nitriles is 1. The van der Waals surface area contributed by atoms with E-state index in [2.05, 4.69) is 11.8 Å². The van der Waals surface area contributed by atoms with Crippen molar-refractivity contribution in [2.24, 2.45) is 0 Å². The lowest BCUT2D eigenvalue weighted by atomic mass is 10.2. The molecule has 0 unspecified atom stereocenters. The van der Waals surface area contributed by atoms with Gasteiger partial charge in [-0.15, -0.1) is 5.92 Å². The molecular formula is C9H13NO. The molecule has 0 amide bonds. The number of nitrogens with zero attached hydrogens (tertiary/aromatic N) is 1. The Bertz CT molecular complexity index is 170. The molecule has 60 valence electrons. The normalized spacial score (nSPS) is 8.00. The van der Waals surface area contributed by atoms with Gasteiger partial charge in [0.05, 0.1) is 12.5 Å². The van der Waals surface area contributed by atoms with Crippen LogP contribution >= 0.6 is 0 Å². The van der Waals surface area contributed by atoms with E-state index in [0.29, 0.717) is 6.42 Å². The van der Waals surface area contributed by atoms with E-state index in [1.807, 2.05) is 6.07 Å². The van der Waals surface area contributed by atoms with Crippen molar-refractivity contribution < 1.29 is 5.11 Å². The third-order valence-electron chi connectivity index (χ3n) is 1.25. The monoisotopic (exact) mass is 151 g/mol. The van der Waals surface area contributed by atoms with Gasteiger partial charge in [-0.2, -0.15) is 5.26 Å². The molecule has 0 radical (unpaired) electrons. The molecule has 0 bridgehead atoms. The van der Waals surface area contributed by atoms with Crippen LogP contribution in [-0.4, -0.2) is 11.7 Å². The minimum atomic E-state index is 0.269. The van der Waals surface area contributed by atoms with Crippen LogP contribution in [0, 0.1) is 23.2 Å². The Kier molecular flexibility index (Phi) is 8.20. The van der Waals surface area contributed by atoms with Crippen LogP contribution in [0.1, 0.15) is 32.1 Å². The Morgan fingerprint density at radius 2 is 1.91 bits per heavy atom. The number of hydrogen-bond donors (Lipinski definition) is 1. The summed E-state index contributed by atoms with van der Waals surface area (Å²) in [6.07, 6.45) is 4.10. The molecule has 0 aliphatic heterocycles. The minimum absolute atomic E-state index is 0.269. The van der Waals surface area contributed by atoms with Crippen molar-refractivity contribution in [3.05, 3.63) is 0 Å². The van der Waals surface area contributed by atoms with Crippen molar-refractivity contribution in [1.82, 2.24) is 0 Å². The van der Waals surface area contributed by atoms with Gasteiger partial charge in [0.2, 0.25) is 0 Å². The zero-order valence-electron chi connectivity index (χ0n) is 6.64. The molecule has 0 aliphatic carbocycles. The van der Waals surface area contributed by atoms with Crippen molar-refractivity contribution in [2.75, 3.05) is 6.61 Å². The highest BCUT2D eigenvalue weighted by Crippen LogP contribution is 1.96. The predicted molar refractivity (Wildman–Crippen MR) is 43.6 cm³/mol. The van der Waals surface area contributed by atoms with E-state index in [1.54, 1.807) is 0 Å². The second-order valence-electron chi connectivity index (χ2n) is 2.22. The van der Waals surface area contributed by atoms with Crippen LogP contribution in [0.4, 0.5) is 0 Å². The molecule has 1 N–H and O–H groups in total. The smallest absolute Gasteiger partial charge is 0.0962 e. The van der Waals surface area contributed by atoms with E-state index in [9.17, 15) is 0 Å². The fourth-order valence-corrected chi connectivity index (χ4v) is 0.692. The summed E-state index contributed by atoms with van der Waals surface area (Å²) >= 11 is 0. The average Bonchev–Trinajstić information content (AvgIpc) is 2.03. The SMILES string of the molecule is N#CCC#CCCCCCO. The molecule has 0 aromatic carbocycles. The lowest BCUT2D eigenvalue weighted by molar-refractivity contribution is 0.283. The van der Waals surface area contributed by atoms with Crippen molar-refractivity contribution in [1.29, 1.82) is 5.26 Å². The molecule has 0 saturated carbocycles. The highest BCUT2D eigenvalue weighted by molar-refractivity contribution is 5.04. The quantitative estimate of drug-likeness (QED) is 0.488. The lowest BCUT2D eigenvalue weighted by Gasteiger charge is -1.90. The number of unbranched alkanes of at least 4 members (excludes halogenated alkanes) is 3. The van der Waals surface area contributed by atoms with E-state index in [1.165, 1.54) is 0 Å². The second kappa shape index (κ2) is 9.01. The van der Waals surface area contributed by atoms with Gasteiger partial charge in [-0.25, -0.2) is 0 Å². The molecule has 2 nitrogen and oxygen atoms in total. The zero-order valence-corrected chi connectivity index (χ0v) is 6.64. The minimum Gasteiger partial charge on any atom is -0.396 e. The number of aliphatic hydroxyl groups excluding tert-OH is 1. The van der Waals surface area contributed by atoms with E-state index in [4.69, 9.17) is 10.4 Å². The first-order valence-corrected chi connectivity index (χ1v) is 3.85. The summed E-state index contributed by atoms with van der Waals surface area (Å²) in [7, 11) is 0. The number of aliphatic hydroxyl groups is 1. The maximum Gasteiger partial charge on any atom is 0.0962 e. The van der Waals surface area contributed by atoms with Gasteiger partial charge < -0.3 is 5.11 Å². The molecule has 0 fully saturated rings. The summed E-state index contributed by atoms with van der Waals surface area (Å²) in [5.41, 5.74) is 0. The van der Waals surface area contributed by atoms with Crippen LogP contribution in [0.5, 0.6) is 0 Å². The second-order valence-corrected chi connectivity index (χ2v) is 2.22. The Hall–Kier alpha value is -0.990. The molecule has 0 atom stereocenters. The average molecular weight is 151 g/mol. The van der Waals surface area contributed by atoms with Gasteiger partial charge in [-0.1, -0.05) is 12.3 Å². The van der Waals surface area contributed by atoms with Gasteiger partial charge in [-0.3, -0.25) is 0 Å². The first kappa shape index (κ1) is 10.0. The summed E-state index contributed by atoms with van der Waals surface area (Å²) in [6.45, 7) is 0.269. The van der Waals surface area contributed by atoms with Gasteiger partial charge in [0, 0.05) is 13.0 Å². The summed E-state index contributed by atoms with van der Waals surface area (Å²) in [5.74, 6) is 5.63. The topological polar surface area (TPSA) is 44.0 Å². The van der Waals surface area contributed by atoms with Crippen LogP contribution in [0.15, 0.2) is 0 Å². The third kappa shape index (κ3) is 9.01. The van der Waals surface area contributed by atoms with Crippen molar-refractivity contribution in [3.8, 4) is 17.9 Å². The molecule has 0 heterocycles. The van der Waals surface area contributed by atoms with Gasteiger partial charge in [0.15, 0.2) is 0 Å².